The molecule has 0 unspecified atom stereocenters. The van der Waals surface area contributed by atoms with E-state index in [1.807, 2.05) is 13.8 Å². The van der Waals surface area contributed by atoms with Gasteiger partial charge in [-0.3, -0.25) is 0 Å². The van der Waals surface area contributed by atoms with E-state index >= 15 is 0 Å². The van der Waals surface area contributed by atoms with Crippen molar-refractivity contribution < 1.29 is 34.3 Å². The molecule has 0 saturated heterocycles. The Morgan fingerprint density at radius 3 is 1.58 bits per heavy atom. The van der Waals surface area contributed by atoms with Crippen molar-refractivity contribution in [2.24, 2.45) is 0 Å². The zero-order valence-corrected chi connectivity index (χ0v) is 12.9. The second-order valence-corrected chi connectivity index (χ2v) is 2.56. The summed E-state index contributed by atoms with van der Waals surface area (Å²) >= 11 is 0. The summed E-state index contributed by atoms with van der Waals surface area (Å²) in [7, 11) is 1.15. The van der Waals surface area contributed by atoms with Gasteiger partial charge in [-0.05, 0) is 19.9 Å². The smallest absolute Gasteiger partial charge is 1.00 e. The monoisotopic (exact) mass is 242 g/mol. The standard InChI is InChI=1S/C6H16O2Si.2ClH.Mg/c1-3-7-6(5-9)8-4-2;;;/h6H,3-5H2,1-2,9H3;2*1H;/q;;;+2/p-2. The number of hydrogen-bond donors (Lipinski definition) is 0. The van der Waals surface area contributed by atoms with E-state index in [2.05, 4.69) is 0 Å². The first kappa shape index (κ1) is 23.4. The summed E-state index contributed by atoms with van der Waals surface area (Å²) in [5, 5.41) is 0. The van der Waals surface area contributed by atoms with Crippen LogP contribution in [-0.2, 0) is 9.47 Å². The Kier molecular flexibility index (Phi) is 35.6. The van der Waals surface area contributed by atoms with E-state index < -0.39 is 0 Å². The molecule has 0 aromatic rings. The van der Waals surface area contributed by atoms with E-state index in [1.165, 1.54) is 0 Å². The van der Waals surface area contributed by atoms with Crippen LogP contribution in [0.25, 0.3) is 0 Å². The number of rotatable bonds is 5. The zero-order chi connectivity index (χ0) is 7.11. The van der Waals surface area contributed by atoms with E-state index in [0.717, 1.165) is 29.5 Å². The molecule has 0 N–H and O–H groups in total. The molecule has 0 spiro atoms. The third-order valence-electron chi connectivity index (χ3n) is 1.04. The van der Waals surface area contributed by atoms with Gasteiger partial charge < -0.3 is 34.3 Å². The van der Waals surface area contributed by atoms with Crippen LogP contribution in [0.5, 0.6) is 0 Å². The average molecular weight is 243 g/mol. The summed E-state index contributed by atoms with van der Waals surface area (Å²) in [6.45, 7) is 5.49. The molecular formula is C6H16Cl2MgO2Si. The molecule has 0 rings (SSSR count). The maximum Gasteiger partial charge on any atom is 2.00 e. The minimum Gasteiger partial charge on any atom is -1.00 e. The van der Waals surface area contributed by atoms with Gasteiger partial charge in [0.25, 0.3) is 0 Å². The SMILES string of the molecule is CCOC(C[SiH3])OCC.[Cl-].[Cl-].[Mg+2]. The molecule has 0 bridgehead atoms. The summed E-state index contributed by atoms with van der Waals surface area (Å²) in [6.07, 6.45) is 0.0756. The molecule has 0 heterocycles. The van der Waals surface area contributed by atoms with Crippen molar-refractivity contribution in [1.29, 1.82) is 0 Å². The van der Waals surface area contributed by atoms with Gasteiger partial charge in [0, 0.05) is 23.5 Å². The van der Waals surface area contributed by atoms with Crippen LogP contribution in [-0.4, -0.2) is 52.8 Å². The van der Waals surface area contributed by atoms with Gasteiger partial charge >= 0.3 is 23.1 Å². The van der Waals surface area contributed by atoms with E-state index in [-0.39, 0.29) is 54.2 Å². The zero-order valence-electron chi connectivity index (χ0n) is 7.98. The third-order valence-corrected chi connectivity index (χ3v) is 1.71. The molecule has 72 valence electrons. The molecule has 0 saturated carbocycles. The van der Waals surface area contributed by atoms with E-state index in [1.54, 1.807) is 0 Å². The molecule has 0 aliphatic heterocycles. The summed E-state index contributed by atoms with van der Waals surface area (Å²) < 4.78 is 10.5. The second kappa shape index (κ2) is 18.3. The van der Waals surface area contributed by atoms with E-state index in [9.17, 15) is 0 Å². The Morgan fingerprint density at radius 1 is 1.08 bits per heavy atom. The molecule has 0 aliphatic carbocycles. The van der Waals surface area contributed by atoms with Crippen LogP contribution in [0.15, 0.2) is 0 Å². The van der Waals surface area contributed by atoms with E-state index in [4.69, 9.17) is 9.47 Å². The Balaban J connectivity index is -0.000000107. The van der Waals surface area contributed by atoms with Gasteiger partial charge in [0.1, 0.15) is 0 Å². The number of hydrogen-bond acceptors (Lipinski definition) is 2. The van der Waals surface area contributed by atoms with Gasteiger partial charge in [-0.2, -0.15) is 0 Å². The summed E-state index contributed by atoms with van der Waals surface area (Å²) in [5.41, 5.74) is 0. The maximum atomic E-state index is 5.24. The van der Waals surface area contributed by atoms with Gasteiger partial charge in [0.05, 0.1) is 0 Å². The van der Waals surface area contributed by atoms with Gasteiger partial charge in [0.2, 0.25) is 0 Å². The van der Waals surface area contributed by atoms with Crippen molar-refractivity contribution >= 4 is 33.3 Å². The average Bonchev–Trinajstić information content (AvgIpc) is 1.88. The Hall–Kier alpha value is 1.48. The molecule has 0 amide bonds. The van der Waals surface area contributed by atoms with Gasteiger partial charge in [-0.1, -0.05) is 0 Å². The first-order valence-electron chi connectivity index (χ1n) is 3.58. The van der Waals surface area contributed by atoms with Crippen LogP contribution in [0.2, 0.25) is 6.04 Å². The molecule has 12 heavy (non-hydrogen) atoms. The van der Waals surface area contributed by atoms with Crippen LogP contribution in [0.3, 0.4) is 0 Å². The van der Waals surface area contributed by atoms with Crippen molar-refractivity contribution in [1.82, 2.24) is 0 Å². The first-order valence-corrected chi connectivity index (χ1v) is 4.99. The fraction of sp³-hybridized carbons (Fsp3) is 1.00. The topological polar surface area (TPSA) is 18.5 Å². The molecule has 0 aromatic heterocycles. The molecule has 0 aromatic carbocycles. The Bertz CT molecular complexity index is 65.5. The molecular weight excluding hydrogens is 227 g/mol. The fourth-order valence-electron chi connectivity index (χ4n) is 0.656. The predicted molar refractivity (Wildman–Crippen MR) is 47.5 cm³/mol. The number of ether oxygens (including phenoxy) is 2. The minimum atomic E-state index is 0. The molecule has 0 atom stereocenters. The normalized spacial score (nSPS) is 8.25. The van der Waals surface area contributed by atoms with Gasteiger partial charge in [-0.25, -0.2) is 0 Å². The van der Waals surface area contributed by atoms with Gasteiger partial charge in [-0.15, -0.1) is 0 Å². The third kappa shape index (κ3) is 14.0. The van der Waals surface area contributed by atoms with Crippen molar-refractivity contribution in [2.75, 3.05) is 13.2 Å². The quantitative estimate of drug-likeness (QED) is 0.353. The van der Waals surface area contributed by atoms with Crippen molar-refractivity contribution in [3.63, 3.8) is 0 Å². The van der Waals surface area contributed by atoms with Crippen LogP contribution < -0.4 is 24.8 Å². The molecule has 2 nitrogen and oxygen atoms in total. The Morgan fingerprint density at radius 2 is 1.42 bits per heavy atom. The minimum absolute atomic E-state index is 0. The fourth-order valence-corrected chi connectivity index (χ4v) is 1.13. The van der Waals surface area contributed by atoms with Crippen LogP contribution in [0, 0.1) is 0 Å². The molecule has 0 aliphatic rings. The van der Waals surface area contributed by atoms with Crippen LogP contribution in [0.4, 0.5) is 0 Å². The van der Waals surface area contributed by atoms with Crippen molar-refractivity contribution in [2.45, 2.75) is 26.2 Å². The summed E-state index contributed by atoms with van der Waals surface area (Å²) in [5.74, 6) is 0. The second-order valence-electron chi connectivity index (χ2n) is 1.75. The summed E-state index contributed by atoms with van der Waals surface area (Å²) in [4.78, 5) is 0. The predicted octanol–water partition coefficient (Wildman–Crippen LogP) is -6.20. The van der Waals surface area contributed by atoms with Gasteiger partial charge in [0.15, 0.2) is 6.29 Å². The molecule has 0 fully saturated rings. The Labute approximate surface area is 107 Å². The largest absolute Gasteiger partial charge is 2.00 e. The first-order chi connectivity index (χ1) is 4.35. The van der Waals surface area contributed by atoms with Crippen LogP contribution in [0.1, 0.15) is 13.8 Å². The van der Waals surface area contributed by atoms with E-state index in [0.29, 0.717) is 0 Å². The summed E-state index contributed by atoms with van der Waals surface area (Å²) in [6, 6.07) is 1.07. The van der Waals surface area contributed by atoms with Crippen molar-refractivity contribution in [3.05, 3.63) is 0 Å². The van der Waals surface area contributed by atoms with Crippen molar-refractivity contribution in [3.8, 4) is 0 Å². The molecule has 0 radical (unpaired) electrons. The maximum absolute atomic E-state index is 5.24. The number of halogens is 2. The van der Waals surface area contributed by atoms with Crippen LogP contribution >= 0.6 is 0 Å². The molecule has 6 heteroatoms.